The summed E-state index contributed by atoms with van der Waals surface area (Å²) >= 11 is 0. The van der Waals surface area contributed by atoms with Crippen molar-refractivity contribution in [2.24, 2.45) is 0 Å². The van der Waals surface area contributed by atoms with Gasteiger partial charge in [-0.2, -0.15) is 0 Å². The third-order valence-electron chi connectivity index (χ3n) is 4.74. The van der Waals surface area contributed by atoms with Crippen molar-refractivity contribution >= 4 is 34.1 Å². The second kappa shape index (κ2) is 6.26. The summed E-state index contributed by atoms with van der Waals surface area (Å²) in [6.45, 7) is 3.95. The van der Waals surface area contributed by atoms with Crippen LogP contribution in [0.15, 0.2) is 60.8 Å². The number of hydrogen-bond donors (Lipinski definition) is 0. The van der Waals surface area contributed by atoms with Gasteiger partial charge in [-0.1, -0.05) is 30.3 Å². The number of carbonyl (C=O) groups is 2. The SMILES string of the molecule is CC(=O)N1c2ccccc2N(C(=O)c2cnc3ccccc3c2)C[C@@H]1C. The van der Waals surface area contributed by atoms with Crippen LogP contribution in [0.25, 0.3) is 10.9 Å². The summed E-state index contributed by atoms with van der Waals surface area (Å²) in [4.78, 5) is 33.2. The average Bonchev–Trinajstić information content (AvgIpc) is 2.66. The van der Waals surface area contributed by atoms with Crippen LogP contribution in [0, 0.1) is 0 Å². The number of amides is 2. The molecule has 2 aromatic carbocycles. The van der Waals surface area contributed by atoms with Gasteiger partial charge in [-0.3, -0.25) is 14.6 Å². The predicted molar refractivity (Wildman–Crippen MR) is 102 cm³/mol. The van der Waals surface area contributed by atoms with Gasteiger partial charge in [0, 0.05) is 25.1 Å². The van der Waals surface area contributed by atoms with Crippen LogP contribution in [-0.4, -0.2) is 29.4 Å². The Hall–Kier alpha value is -3.21. The van der Waals surface area contributed by atoms with Crippen LogP contribution in [0.1, 0.15) is 24.2 Å². The number of aromatic nitrogens is 1. The molecule has 0 bridgehead atoms. The fourth-order valence-corrected chi connectivity index (χ4v) is 3.59. The molecule has 1 aliphatic rings. The molecule has 2 heterocycles. The van der Waals surface area contributed by atoms with E-state index in [1.165, 1.54) is 0 Å². The van der Waals surface area contributed by atoms with Crippen molar-refractivity contribution in [2.45, 2.75) is 19.9 Å². The lowest BCUT2D eigenvalue weighted by atomic mass is 10.1. The minimum absolute atomic E-state index is 0.0237. The first-order chi connectivity index (χ1) is 12.6. The third-order valence-corrected chi connectivity index (χ3v) is 4.74. The topological polar surface area (TPSA) is 53.5 Å². The standard InChI is InChI=1S/C21H19N3O2/c1-14-13-23(19-9-5-6-10-20(19)24(14)15(2)25)21(26)17-11-16-7-3-4-8-18(16)22-12-17/h3-12,14H,13H2,1-2H3/t14-/m0/s1. The van der Waals surface area contributed by atoms with E-state index in [1.54, 1.807) is 22.9 Å². The minimum atomic E-state index is -0.106. The molecule has 5 heteroatoms. The van der Waals surface area contributed by atoms with Gasteiger partial charge < -0.3 is 9.80 Å². The Balaban J connectivity index is 1.77. The zero-order valence-electron chi connectivity index (χ0n) is 14.7. The zero-order chi connectivity index (χ0) is 18.3. The summed E-state index contributed by atoms with van der Waals surface area (Å²) in [5.41, 5.74) is 2.92. The van der Waals surface area contributed by atoms with Crippen molar-refractivity contribution in [3.05, 3.63) is 66.4 Å². The number of fused-ring (bicyclic) bond motifs is 2. The molecule has 0 aliphatic carbocycles. The fraction of sp³-hybridized carbons (Fsp3) is 0.190. The maximum atomic E-state index is 13.2. The van der Waals surface area contributed by atoms with E-state index >= 15 is 0 Å². The first kappa shape index (κ1) is 16.3. The van der Waals surface area contributed by atoms with E-state index in [-0.39, 0.29) is 17.9 Å². The fourth-order valence-electron chi connectivity index (χ4n) is 3.59. The van der Waals surface area contributed by atoms with Gasteiger partial charge in [0.2, 0.25) is 5.91 Å². The third kappa shape index (κ3) is 2.62. The zero-order valence-corrected chi connectivity index (χ0v) is 14.7. The van der Waals surface area contributed by atoms with Gasteiger partial charge in [-0.15, -0.1) is 0 Å². The lowest BCUT2D eigenvalue weighted by Gasteiger charge is -2.40. The highest BCUT2D eigenvalue weighted by molar-refractivity contribution is 6.11. The predicted octanol–water partition coefficient (Wildman–Crippen LogP) is 3.64. The van der Waals surface area contributed by atoms with Crippen LogP contribution in [-0.2, 0) is 4.79 Å². The highest BCUT2D eigenvalue weighted by Gasteiger charge is 2.33. The Labute approximate surface area is 151 Å². The van der Waals surface area contributed by atoms with Crippen molar-refractivity contribution in [2.75, 3.05) is 16.3 Å². The number of benzene rings is 2. The van der Waals surface area contributed by atoms with Crippen LogP contribution in [0.4, 0.5) is 11.4 Å². The monoisotopic (exact) mass is 345 g/mol. The summed E-state index contributed by atoms with van der Waals surface area (Å²) in [6.07, 6.45) is 1.62. The molecule has 0 saturated carbocycles. The van der Waals surface area contributed by atoms with Crippen LogP contribution < -0.4 is 9.80 Å². The molecular weight excluding hydrogens is 326 g/mol. The quantitative estimate of drug-likeness (QED) is 0.677. The second-order valence-corrected chi connectivity index (χ2v) is 6.56. The molecular formula is C21H19N3O2. The number of rotatable bonds is 1. The van der Waals surface area contributed by atoms with Gasteiger partial charge in [0.1, 0.15) is 0 Å². The average molecular weight is 345 g/mol. The van der Waals surface area contributed by atoms with E-state index in [1.807, 2.05) is 61.5 Å². The molecule has 0 N–H and O–H groups in total. The van der Waals surface area contributed by atoms with Gasteiger partial charge in [-0.25, -0.2) is 0 Å². The first-order valence-electron chi connectivity index (χ1n) is 8.62. The van der Waals surface area contributed by atoms with E-state index < -0.39 is 0 Å². The lowest BCUT2D eigenvalue weighted by Crippen LogP contribution is -2.51. The molecule has 0 spiro atoms. The van der Waals surface area contributed by atoms with E-state index in [2.05, 4.69) is 4.98 Å². The first-order valence-corrected chi connectivity index (χ1v) is 8.62. The van der Waals surface area contributed by atoms with Gasteiger partial charge in [-0.05, 0) is 31.2 Å². The largest absolute Gasteiger partial charge is 0.306 e. The molecule has 130 valence electrons. The Morgan fingerprint density at radius 1 is 1.04 bits per heavy atom. The van der Waals surface area contributed by atoms with Crippen molar-refractivity contribution in [1.29, 1.82) is 0 Å². The van der Waals surface area contributed by atoms with Gasteiger partial charge in [0.25, 0.3) is 5.91 Å². The molecule has 2 amide bonds. The van der Waals surface area contributed by atoms with E-state index in [0.29, 0.717) is 12.1 Å². The number of pyridine rings is 1. The Morgan fingerprint density at radius 2 is 1.73 bits per heavy atom. The molecule has 0 unspecified atom stereocenters. The summed E-state index contributed by atoms with van der Waals surface area (Å²) in [5, 5.41) is 0.932. The van der Waals surface area contributed by atoms with Gasteiger partial charge in [0.05, 0.1) is 28.5 Å². The number of para-hydroxylation sites is 3. The Kier molecular flexibility index (Phi) is 3.92. The maximum absolute atomic E-state index is 13.2. The lowest BCUT2D eigenvalue weighted by molar-refractivity contribution is -0.117. The number of hydrogen-bond acceptors (Lipinski definition) is 3. The van der Waals surface area contributed by atoms with Crippen LogP contribution in [0.3, 0.4) is 0 Å². The molecule has 5 nitrogen and oxygen atoms in total. The maximum Gasteiger partial charge on any atom is 0.259 e. The highest BCUT2D eigenvalue weighted by Crippen LogP contribution is 2.36. The van der Waals surface area contributed by atoms with E-state index in [9.17, 15) is 9.59 Å². The summed E-state index contributed by atoms with van der Waals surface area (Å²) in [7, 11) is 0. The highest BCUT2D eigenvalue weighted by atomic mass is 16.2. The number of carbonyl (C=O) groups excluding carboxylic acids is 2. The van der Waals surface area contributed by atoms with Crippen molar-refractivity contribution in [1.82, 2.24) is 4.98 Å². The van der Waals surface area contributed by atoms with E-state index in [4.69, 9.17) is 0 Å². The van der Waals surface area contributed by atoms with Crippen molar-refractivity contribution in [3.8, 4) is 0 Å². The van der Waals surface area contributed by atoms with Crippen LogP contribution in [0.2, 0.25) is 0 Å². The van der Waals surface area contributed by atoms with Crippen LogP contribution in [0.5, 0.6) is 0 Å². The number of nitrogens with zero attached hydrogens (tertiary/aromatic N) is 3. The van der Waals surface area contributed by atoms with Crippen LogP contribution >= 0.6 is 0 Å². The molecule has 1 aromatic heterocycles. The molecule has 0 saturated heterocycles. The summed E-state index contributed by atoms with van der Waals surface area (Å²) in [6, 6.07) is 17.0. The smallest absolute Gasteiger partial charge is 0.259 e. The van der Waals surface area contributed by atoms with Gasteiger partial charge >= 0.3 is 0 Å². The van der Waals surface area contributed by atoms with Crippen molar-refractivity contribution in [3.63, 3.8) is 0 Å². The van der Waals surface area contributed by atoms with Gasteiger partial charge in [0.15, 0.2) is 0 Å². The summed E-state index contributed by atoms with van der Waals surface area (Å²) < 4.78 is 0. The summed E-state index contributed by atoms with van der Waals surface area (Å²) in [5.74, 6) is -0.129. The number of anilines is 2. The molecule has 4 rings (SSSR count). The van der Waals surface area contributed by atoms with Crippen molar-refractivity contribution < 1.29 is 9.59 Å². The Morgan fingerprint density at radius 3 is 2.50 bits per heavy atom. The Bertz CT molecular complexity index is 1010. The molecule has 1 atom stereocenters. The molecule has 3 aromatic rings. The molecule has 1 aliphatic heterocycles. The molecule has 0 fully saturated rings. The second-order valence-electron chi connectivity index (χ2n) is 6.56. The minimum Gasteiger partial charge on any atom is -0.306 e. The molecule has 26 heavy (non-hydrogen) atoms. The normalized spacial score (nSPS) is 16.5. The van der Waals surface area contributed by atoms with E-state index in [0.717, 1.165) is 22.3 Å². The molecule has 0 radical (unpaired) electrons.